The van der Waals surface area contributed by atoms with E-state index in [2.05, 4.69) is 15.6 Å². The highest BCUT2D eigenvalue weighted by molar-refractivity contribution is 7.22. The number of ether oxygens (including phenoxy) is 1. The molecule has 3 heterocycles. The summed E-state index contributed by atoms with van der Waals surface area (Å²) in [5, 5.41) is 5.74. The number of methoxy groups -OCH3 is 1. The van der Waals surface area contributed by atoms with E-state index >= 15 is 0 Å². The summed E-state index contributed by atoms with van der Waals surface area (Å²) in [5.41, 5.74) is 1.10. The zero-order chi connectivity index (χ0) is 32.8. The fourth-order valence-electron chi connectivity index (χ4n) is 5.13. The number of nitrogens with one attached hydrogen (secondary N) is 2. The van der Waals surface area contributed by atoms with E-state index < -0.39 is 29.4 Å². The molecule has 0 saturated heterocycles. The first-order chi connectivity index (χ1) is 22.2. The van der Waals surface area contributed by atoms with Gasteiger partial charge in [-0.2, -0.15) is 0 Å². The number of carbonyl (C=O) groups excluding carboxylic acids is 1. The largest absolute Gasteiger partial charge is 0.383 e. The van der Waals surface area contributed by atoms with Gasteiger partial charge in [-0.15, -0.1) is 11.3 Å². The van der Waals surface area contributed by atoms with Gasteiger partial charge in [0.05, 0.1) is 25.1 Å². The number of pyridine rings is 1. The Morgan fingerprint density at radius 3 is 2.39 bits per heavy atom. The Hall–Kier alpha value is -4.72. The number of likely N-dealkylation sites (N-methyl/N-ethyl adjacent to an activating group) is 1. The van der Waals surface area contributed by atoms with Gasteiger partial charge in [0.1, 0.15) is 16.5 Å². The molecule has 0 fully saturated rings. The Morgan fingerprint density at radius 2 is 1.74 bits per heavy atom. The highest BCUT2D eigenvalue weighted by atomic mass is 32.1. The number of fused-ring (bicyclic) bond motifs is 1. The van der Waals surface area contributed by atoms with Gasteiger partial charge in [0.25, 0.3) is 5.56 Å². The summed E-state index contributed by atoms with van der Waals surface area (Å²) in [6.45, 7) is 3.14. The van der Waals surface area contributed by atoms with Crippen molar-refractivity contribution >= 4 is 33.3 Å². The van der Waals surface area contributed by atoms with Gasteiger partial charge in [-0.25, -0.2) is 18.4 Å². The molecule has 2 aromatic carbocycles. The Bertz CT molecular complexity index is 1940. The number of amides is 2. The first-order valence-electron chi connectivity index (χ1n) is 14.6. The molecule has 0 bridgehead atoms. The van der Waals surface area contributed by atoms with Crippen molar-refractivity contribution in [3.8, 4) is 10.4 Å². The van der Waals surface area contributed by atoms with E-state index in [-0.39, 0.29) is 23.5 Å². The minimum atomic E-state index is -0.795. The maximum atomic E-state index is 14.9. The van der Waals surface area contributed by atoms with E-state index in [4.69, 9.17) is 4.74 Å². The van der Waals surface area contributed by atoms with Crippen LogP contribution in [0.2, 0.25) is 0 Å². The third-order valence-electron chi connectivity index (χ3n) is 7.44. The number of hydrogen-bond acceptors (Lipinski definition) is 7. The summed E-state index contributed by atoms with van der Waals surface area (Å²) in [5.74, 6) is -1.59. The van der Waals surface area contributed by atoms with E-state index in [1.807, 2.05) is 31.0 Å². The number of benzene rings is 2. The molecule has 0 aliphatic heterocycles. The predicted molar refractivity (Wildman–Crippen MR) is 175 cm³/mol. The second-order valence-electron chi connectivity index (χ2n) is 10.7. The average Bonchev–Trinajstić information content (AvgIpc) is 3.41. The molecular weight excluding hydrogens is 614 g/mol. The van der Waals surface area contributed by atoms with Crippen LogP contribution in [0.5, 0.6) is 0 Å². The van der Waals surface area contributed by atoms with Crippen molar-refractivity contribution in [3.05, 3.63) is 116 Å². The summed E-state index contributed by atoms with van der Waals surface area (Å²) < 4.78 is 37.5. The molecule has 0 aliphatic carbocycles. The lowest BCUT2D eigenvalue weighted by Crippen LogP contribution is -2.40. The van der Waals surface area contributed by atoms with Crippen molar-refractivity contribution in [3.63, 3.8) is 0 Å². The van der Waals surface area contributed by atoms with Crippen molar-refractivity contribution in [1.82, 2.24) is 24.3 Å². The molecule has 3 aromatic heterocycles. The summed E-state index contributed by atoms with van der Waals surface area (Å²) >= 11 is 1.21. The van der Waals surface area contributed by atoms with Crippen LogP contribution < -0.4 is 21.9 Å². The maximum Gasteiger partial charge on any atom is 0.332 e. The first kappa shape index (κ1) is 32.7. The van der Waals surface area contributed by atoms with Gasteiger partial charge in [0.2, 0.25) is 0 Å². The Labute approximate surface area is 267 Å². The minimum absolute atomic E-state index is 0.0779. The molecule has 10 nitrogen and oxygen atoms in total. The molecule has 2 N–H and O–H groups in total. The lowest BCUT2D eigenvalue weighted by atomic mass is 10.1. The van der Waals surface area contributed by atoms with Gasteiger partial charge in [0.15, 0.2) is 0 Å². The number of urea groups is 1. The molecule has 13 heteroatoms. The van der Waals surface area contributed by atoms with Gasteiger partial charge < -0.3 is 15.4 Å². The second-order valence-corrected chi connectivity index (χ2v) is 11.7. The fraction of sp³-hybridized carbons (Fsp3) is 0.273. The molecular formula is C33H34F2N6O4S. The van der Waals surface area contributed by atoms with Crippen LogP contribution in [-0.4, -0.2) is 58.9 Å². The Kier molecular flexibility index (Phi) is 10.4. The van der Waals surface area contributed by atoms with E-state index in [0.29, 0.717) is 52.8 Å². The van der Waals surface area contributed by atoms with Crippen LogP contribution in [0.3, 0.4) is 0 Å². The molecule has 0 radical (unpaired) electrons. The third kappa shape index (κ3) is 7.06. The van der Waals surface area contributed by atoms with Crippen LogP contribution in [-0.2, 0) is 24.4 Å². The molecule has 0 saturated carbocycles. The molecule has 5 aromatic rings. The molecule has 2 amide bonds. The smallest absolute Gasteiger partial charge is 0.332 e. The van der Waals surface area contributed by atoms with E-state index in [1.165, 1.54) is 22.0 Å². The first-order valence-corrected chi connectivity index (χ1v) is 15.5. The van der Waals surface area contributed by atoms with Gasteiger partial charge in [0, 0.05) is 55.3 Å². The van der Waals surface area contributed by atoms with Crippen LogP contribution in [0.25, 0.3) is 20.7 Å². The number of anilines is 1. The Morgan fingerprint density at radius 1 is 1.00 bits per heavy atom. The van der Waals surface area contributed by atoms with Crippen LogP contribution in [0.4, 0.5) is 19.3 Å². The van der Waals surface area contributed by atoms with Crippen LogP contribution in [0.15, 0.2) is 76.6 Å². The van der Waals surface area contributed by atoms with E-state index in [9.17, 15) is 23.2 Å². The van der Waals surface area contributed by atoms with Crippen molar-refractivity contribution in [1.29, 1.82) is 0 Å². The number of nitrogens with zero attached hydrogens (tertiary/aromatic N) is 4. The summed E-state index contributed by atoms with van der Waals surface area (Å²) in [6, 6.07) is 13.8. The molecule has 0 aliphatic rings. The quantitative estimate of drug-likeness (QED) is 0.200. The zero-order valence-electron chi connectivity index (χ0n) is 25.7. The van der Waals surface area contributed by atoms with E-state index in [1.54, 1.807) is 43.8 Å². The zero-order valence-corrected chi connectivity index (χ0v) is 26.5. The number of halogens is 2. The molecule has 0 spiro atoms. The topological polar surface area (TPSA) is 110 Å². The lowest BCUT2D eigenvalue weighted by Gasteiger charge is -2.18. The molecule has 46 heavy (non-hydrogen) atoms. The second kappa shape index (κ2) is 14.6. The predicted octanol–water partition coefficient (Wildman–Crippen LogP) is 4.88. The number of rotatable bonds is 12. The van der Waals surface area contributed by atoms with E-state index in [0.717, 1.165) is 22.3 Å². The lowest BCUT2D eigenvalue weighted by molar-refractivity contribution is 0.159. The third-order valence-corrected chi connectivity index (χ3v) is 8.75. The minimum Gasteiger partial charge on any atom is -0.383 e. The van der Waals surface area contributed by atoms with Gasteiger partial charge in [-0.1, -0.05) is 24.3 Å². The van der Waals surface area contributed by atoms with Gasteiger partial charge >= 0.3 is 11.7 Å². The maximum absolute atomic E-state index is 14.9. The highest BCUT2D eigenvalue weighted by Gasteiger charge is 2.25. The van der Waals surface area contributed by atoms with Crippen LogP contribution >= 0.6 is 11.3 Å². The molecule has 0 atom stereocenters. The number of aromatic nitrogens is 3. The number of carbonyl (C=O) groups is 1. The number of thiophene rings is 1. The van der Waals surface area contributed by atoms with Crippen LogP contribution in [0.1, 0.15) is 23.6 Å². The molecule has 5 rings (SSSR count). The summed E-state index contributed by atoms with van der Waals surface area (Å²) in [6.07, 6.45) is 3.15. The normalized spacial score (nSPS) is 11.3. The van der Waals surface area contributed by atoms with Crippen molar-refractivity contribution in [2.24, 2.45) is 0 Å². The molecule has 0 unspecified atom stereocenters. The summed E-state index contributed by atoms with van der Waals surface area (Å²) in [4.78, 5) is 47.5. The average molecular weight is 649 g/mol. The standard InChI is InChI=1S/C33H34F2N6O4S/c1-4-37-32(43)38-23-12-10-22(11-13-23)29-25(19-39(2)15-16-45-3)28-30(42)40(18-21-7-6-14-36-17-21)33(44)41(31(28)46-29)20-24-26(34)8-5-9-27(24)35/h5-14,17H,4,15-16,18-20H2,1-3H3,(H2,37,38,43). The number of hydrogen-bond donors (Lipinski definition) is 2. The van der Waals surface area contributed by atoms with Crippen LogP contribution in [0, 0.1) is 11.6 Å². The van der Waals surface area contributed by atoms with Gasteiger partial charge in [-0.05, 0) is 61.0 Å². The van der Waals surface area contributed by atoms with Crippen molar-refractivity contribution < 1.29 is 18.3 Å². The van der Waals surface area contributed by atoms with Crippen molar-refractivity contribution in [2.45, 2.75) is 26.6 Å². The fourth-order valence-corrected chi connectivity index (χ4v) is 6.43. The Balaban J connectivity index is 1.75. The van der Waals surface area contributed by atoms with Crippen molar-refractivity contribution in [2.75, 3.05) is 39.2 Å². The van der Waals surface area contributed by atoms with Gasteiger partial charge in [-0.3, -0.25) is 23.8 Å². The molecule has 240 valence electrons. The summed E-state index contributed by atoms with van der Waals surface area (Å²) in [7, 11) is 3.50. The highest BCUT2D eigenvalue weighted by Crippen LogP contribution is 2.38. The SMILES string of the molecule is CCNC(=O)Nc1ccc(-c2sc3c(c2CN(C)CCOC)c(=O)n(Cc2cccnc2)c(=O)n3Cc2c(F)cccc2F)cc1. The monoisotopic (exact) mass is 648 g/mol.